The van der Waals surface area contributed by atoms with Crippen LogP contribution < -0.4 is 0 Å². The van der Waals surface area contributed by atoms with E-state index in [0.29, 0.717) is 16.7 Å². The quantitative estimate of drug-likeness (QED) is 0.828. The monoisotopic (exact) mass is 326 g/mol. The normalized spacial score (nSPS) is 11.4. The molecule has 24 heavy (non-hydrogen) atoms. The summed E-state index contributed by atoms with van der Waals surface area (Å²) in [6.45, 7) is 9.08. The third-order valence-electron chi connectivity index (χ3n) is 4.14. The average molecular weight is 326 g/mol. The molecular formula is C20H22O4. The summed E-state index contributed by atoms with van der Waals surface area (Å²) in [4.78, 5) is 24.5. The summed E-state index contributed by atoms with van der Waals surface area (Å²) in [6, 6.07) is 8.74. The van der Waals surface area contributed by atoms with Crippen molar-refractivity contribution in [1.82, 2.24) is 0 Å². The Morgan fingerprint density at radius 3 is 2.00 bits per heavy atom. The summed E-state index contributed by atoms with van der Waals surface area (Å²) in [5, 5.41) is 19.9. The molecule has 0 aliphatic rings. The van der Waals surface area contributed by atoms with E-state index in [1.165, 1.54) is 0 Å². The average Bonchev–Trinajstić information content (AvgIpc) is 2.45. The number of carbonyl (C=O) groups excluding carboxylic acids is 1. The Bertz CT molecular complexity index is 809. The molecule has 0 bridgehead atoms. The number of ketones is 1. The van der Waals surface area contributed by atoms with Crippen LogP contribution in [0.1, 0.15) is 63.7 Å². The number of carboxylic acids is 1. The number of carboxylic acid groups (broad SMARTS) is 1. The summed E-state index contributed by atoms with van der Waals surface area (Å²) in [6.07, 6.45) is 0. The molecule has 2 aromatic rings. The van der Waals surface area contributed by atoms with E-state index in [1.807, 2.05) is 39.8 Å². The second kappa shape index (κ2) is 6.11. The fourth-order valence-electron chi connectivity index (χ4n) is 2.70. The minimum atomic E-state index is -1.24. The van der Waals surface area contributed by atoms with E-state index in [4.69, 9.17) is 0 Å². The molecule has 2 rings (SSSR count). The Labute approximate surface area is 141 Å². The van der Waals surface area contributed by atoms with Gasteiger partial charge < -0.3 is 10.2 Å². The maximum Gasteiger partial charge on any atom is 0.339 e. The lowest BCUT2D eigenvalue weighted by Crippen LogP contribution is -2.17. The maximum atomic E-state index is 12.9. The van der Waals surface area contributed by atoms with E-state index in [9.17, 15) is 19.8 Å². The zero-order valence-electron chi connectivity index (χ0n) is 14.6. The number of hydrogen-bond donors (Lipinski definition) is 2. The van der Waals surface area contributed by atoms with Crippen LogP contribution in [0, 0.1) is 13.8 Å². The van der Waals surface area contributed by atoms with Crippen molar-refractivity contribution in [3.8, 4) is 5.75 Å². The number of hydrogen-bond acceptors (Lipinski definition) is 3. The number of aromatic carboxylic acids is 1. The molecule has 2 aromatic carbocycles. The molecule has 0 fully saturated rings. The van der Waals surface area contributed by atoms with Crippen molar-refractivity contribution in [3.05, 3.63) is 63.7 Å². The van der Waals surface area contributed by atoms with E-state index in [0.717, 1.165) is 5.56 Å². The zero-order chi connectivity index (χ0) is 18.2. The lowest BCUT2D eigenvalue weighted by Gasteiger charge is -2.24. The summed E-state index contributed by atoms with van der Waals surface area (Å²) < 4.78 is 0. The molecule has 0 aromatic heterocycles. The Balaban J connectivity index is 2.74. The van der Waals surface area contributed by atoms with Crippen LogP contribution in [0.3, 0.4) is 0 Å². The van der Waals surface area contributed by atoms with Crippen molar-refractivity contribution in [1.29, 1.82) is 0 Å². The second-order valence-electron chi connectivity index (χ2n) is 7.07. The number of aromatic hydroxyl groups is 1. The molecule has 0 saturated heterocycles. The van der Waals surface area contributed by atoms with Gasteiger partial charge in [-0.05, 0) is 30.9 Å². The van der Waals surface area contributed by atoms with Gasteiger partial charge in [-0.2, -0.15) is 0 Å². The van der Waals surface area contributed by atoms with Crippen molar-refractivity contribution >= 4 is 11.8 Å². The van der Waals surface area contributed by atoms with Gasteiger partial charge in [0.15, 0.2) is 5.78 Å². The molecule has 0 saturated carbocycles. The largest absolute Gasteiger partial charge is 0.507 e. The summed E-state index contributed by atoms with van der Waals surface area (Å²) in [5.74, 6) is -1.76. The third-order valence-corrected chi connectivity index (χ3v) is 4.14. The second-order valence-corrected chi connectivity index (χ2v) is 7.07. The standard InChI is InChI=1S/C20H22O4/c1-11-6-8-13(9-7-11)17(21)14-10-15(20(3,4)5)18(22)16(12(14)2)19(23)24/h6-10,22H,1-5H3,(H,23,24). The number of phenols is 1. The molecule has 0 atom stereocenters. The summed E-state index contributed by atoms with van der Waals surface area (Å²) in [5.41, 5.74) is 1.85. The molecular weight excluding hydrogens is 304 g/mol. The molecule has 0 spiro atoms. The van der Waals surface area contributed by atoms with Gasteiger partial charge in [-0.1, -0.05) is 50.6 Å². The van der Waals surface area contributed by atoms with Gasteiger partial charge in [-0.3, -0.25) is 4.79 Å². The number of benzene rings is 2. The number of aryl methyl sites for hydroxylation is 1. The van der Waals surface area contributed by atoms with Crippen LogP contribution in [0.2, 0.25) is 0 Å². The van der Waals surface area contributed by atoms with Crippen LogP contribution in [-0.4, -0.2) is 22.0 Å². The third kappa shape index (κ3) is 3.18. The highest BCUT2D eigenvalue weighted by Gasteiger charge is 2.28. The van der Waals surface area contributed by atoms with Gasteiger partial charge in [-0.25, -0.2) is 4.79 Å². The highest BCUT2D eigenvalue weighted by atomic mass is 16.4. The van der Waals surface area contributed by atoms with Gasteiger partial charge in [0.1, 0.15) is 11.3 Å². The van der Waals surface area contributed by atoms with Gasteiger partial charge in [0, 0.05) is 16.7 Å². The maximum absolute atomic E-state index is 12.9. The van der Waals surface area contributed by atoms with E-state index in [1.54, 1.807) is 25.1 Å². The van der Waals surface area contributed by atoms with Crippen LogP contribution in [0.4, 0.5) is 0 Å². The van der Waals surface area contributed by atoms with Crippen LogP contribution in [0.15, 0.2) is 30.3 Å². The molecule has 126 valence electrons. The first-order valence-electron chi connectivity index (χ1n) is 7.75. The van der Waals surface area contributed by atoms with E-state index in [2.05, 4.69) is 0 Å². The van der Waals surface area contributed by atoms with E-state index >= 15 is 0 Å². The first-order valence-corrected chi connectivity index (χ1v) is 7.75. The fraction of sp³-hybridized carbons (Fsp3) is 0.300. The Kier molecular flexibility index (Phi) is 4.52. The van der Waals surface area contributed by atoms with Gasteiger partial charge >= 0.3 is 5.97 Å². The molecule has 0 aliphatic carbocycles. The van der Waals surface area contributed by atoms with Crippen molar-refractivity contribution in [2.45, 2.75) is 40.0 Å². The Morgan fingerprint density at radius 2 is 1.54 bits per heavy atom. The lowest BCUT2D eigenvalue weighted by atomic mass is 9.81. The first kappa shape index (κ1) is 17.7. The van der Waals surface area contributed by atoms with E-state index < -0.39 is 11.4 Å². The fourth-order valence-corrected chi connectivity index (χ4v) is 2.70. The van der Waals surface area contributed by atoms with Crippen LogP contribution in [0.25, 0.3) is 0 Å². The van der Waals surface area contributed by atoms with E-state index in [-0.39, 0.29) is 22.7 Å². The van der Waals surface area contributed by atoms with Gasteiger partial charge in [0.05, 0.1) is 0 Å². The lowest BCUT2D eigenvalue weighted by molar-refractivity contribution is 0.0692. The van der Waals surface area contributed by atoms with Crippen LogP contribution >= 0.6 is 0 Å². The molecule has 0 aliphatic heterocycles. The zero-order valence-corrected chi connectivity index (χ0v) is 14.6. The molecule has 4 nitrogen and oxygen atoms in total. The molecule has 0 radical (unpaired) electrons. The van der Waals surface area contributed by atoms with Crippen molar-refractivity contribution < 1.29 is 19.8 Å². The highest BCUT2D eigenvalue weighted by Crippen LogP contribution is 2.37. The molecule has 4 heteroatoms. The smallest absolute Gasteiger partial charge is 0.339 e. The van der Waals surface area contributed by atoms with Crippen LogP contribution in [-0.2, 0) is 5.41 Å². The Morgan fingerprint density at radius 1 is 1.00 bits per heavy atom. The summed E-state index contributed by atoms with van der Waals surface area (Å²) in [7, 11) is 0. The molecule has 0 heterocycles. The van der Waals surface area contributed by atoms with Crippen molar-refractivity contribution in [2.24, 2.45) is 0 Å². The number of carbonyl (C=O) groups is 2. The Hall–Kier alpha value is -2.62. The predicted molar refractivity (Wildman–Crippen MR) is 93.1 cm³/mol. The minimum absolute atomic E-state index is 0.210. The SMILES string of the molecule is Cc1ccc(C(=O)c2cc(C(C)(C)C)c(O)c(C(=O)O)c2C)cc1. The molecule has 2 N–H and O–H groups in total. The predicted octanol–water partition coefficient (Wildman–Crippen LogP) is 4.24. The van der Waals surface area contributed by atoms with Gasteiger partial charge in [0.2, 0.25) is 0 Å². The molecule has 0 unspecified atom stereocenters. The number of rotatable bonds is 3. The first-order chi connectivity index (χ1) is 11.0. The highest BCUT2D eigenvalue weighted by molar-refractivity contribution is 6.12. The topological polar surface area (TPSA) is 74.6 Å². The van der Waals surface area contributed by atoms with Crippen molar-refractivity contribution in [2.75, 3.05) is 0 Å². The van der Waals surface area contributed by atoms with Crippen molar-refractivity contribution in [3.63, 3.8) is 0 Å². The summed E-state index contributed by atoms with van der Waals surface area (Å²) >= 11 is 0. The van der Waals surface area contributed by atoms with Crippen LogP contribution in [0.5, 0.6) is 5.75 Å². The minimum Gasteiger partial charge on any atom is -0.507 e. The van der Waals surface area contributed by atoms with Gasteiger partial charge in [-0.15, -0.1) is 0 Å². The van der Waals surface area contributed by atoms with Gasteiger partial charge in [0.25, 0.3) is 0 Å². The molecule has 0 amide bonds.